The molecule has 104 valence electrons. The number of carbonyl (C=O) groups excluding carboxylic acids is 1. The zero-order valence-corrected chi connectivity index (χ0v) is 12.4. The zero-order valence-electron chi connectivity index (χ0n) is 11.6. The third-order valence-corrected chi connectivity index (χ3v) is 3.90. The van der Waals surface area contributed by atoms with Crippen molar-refractivity contribution in [1.29, 1.82) is 5.26 Å². The van der Waals surface area contributed by atoms with Gasteiger partial charge in [-0.25, -0.2) is 4.98 Å². The average Bonchev–Trinajstić information content (AvgIpc) is 3.05. The number of amides is 1. The SMILES string of the molecule is Cc1ccc(-c2nc(C(=O)N(C)[C@H](C)CC#N)cs2)o1. The van der Waals surface area contributed by atoms with Crippen LogP contribution in [0.1, 0.15) is 29.6 Å². The fourth-order valence-electron chi connectivity index (χ4n) is 1.68. The molecule has 0 saturated heterocycles. The average molecular weight is 289 g/mol. The molecule has 2 rings (SSSR count). The Morgan fingerprint density at radius 3 is 2.95 bits per heavy atom. The van der Waals surface area contributed by atoms with Gasteiger partial charge in [0.2, 0.25) is 0 Å². The van der Waals surface area contributed by atoms with Crippen LogP contribution in [0.2, 0.25) is 0 Å². The Hall–Kier alpha value is -2.13. The van der Waals surface area contributed by atoms with E-state index in [2.05, 4.69) is 11.1 Å². The van der Waals surface area contributed by atoms with Crippen LogP contribution in [0.15, 0.2) is 21.9 Å². The summed E-state index contributed by atoms with van der Waals surface area (Å²) >= 11 is 1.37. The lowest BCUT2D eigenvalue weighted by molar-refractivity contribution is 0.0741. The standard InChI is InChI=1S/C14H15N3O2S/c1-9(6-7-15)17(3)14(18)11-8-20-13(16-11)12-5-4-10(2)19-12/h4-5,8-9H,6H2,1-3H3/t9-/m1/s1. The number of hydrogen-bond donors (Lipinski definition) is 0. The smallest absolute Gasteiger partial charge is 0.273 e. The maximum Gasteiger partial charge on any atom is 0.273 e. The number of thiazole rings is 1. The van der Waals surface area contributed by atoms with Gasteiger partial charge < -0.3 is 9.32 Å². The van der Waals surface area contributed by atoms with Crippen molar-refractivity contribution in [1.82, 2.24) is 9.88 Å². The first-order valence-corrected chi connectivity index (χ1v) is 7.07. The number of nitrogens with zero attached hydrogens (tertiary/aromatic N) is 3. The molecule has 0 fully saturated rings. The number of carbonyl (C=O) groups is 1. The van der Waals surface area contributed by atoms with Crippen molar-refractivity contribution in [3.8, 4) is 16.8 Å². The highest BCUT2D eigenvalue weighted by molar-refractivity contribution is 7.13. The Kier molecular flexibility index (Phi) is 4.20. The molecule has 0 spiro atoms. The van der Waals surface area contributed by atoms with Gasteiger partial charge in [-0.15, -0.1) is 11.3 Å². The van der Waals surface area contributed by atoms with Crippen LogP contribution in [-0.2, 0) is 0 Å². The van der Waals surface area contributed by atoms with Crippen LogP contribution in [0, 0.1) is 18.3 Å². The Bertz CT molecular complexity index is 653. The summed E-state index contributed by atoms with van der Waals surface area (Å²) in [6.07, 6.45) is 0.302. The van der Waals surface area contributed by atoms with Gasteiger partial charge in [0.1, 0.15) is 11.5 Å². The van der Waals surface area contributed by atoms with Crippen LogP contribution < -0.4 is 0 Å². The van der Waals surface area contributed by atoms with E-state index < -0.39 is 0 Å². The maximum atomic E-state index is 12.2. The minimum Gasteiger partial charge on any atom is -0.459 e. The predicted octanol–water partition coefficient (Wildman–Crippen LogP) is 3.09. The molecule has 0 unspecified atom stereocenters. The number of aromatic nitrogens is 1. The van der Waals surface area contributed by atoms with Gasteiger partial charge in [0, 0.05) is 18.5 Å². The van der Waals surface area contributed by atoms with Gasteiger partial charge >= 0.3 is 0 Å². The molecule has 0 aliphatic heterocycles. The van der Waals surface area contributed by atoms with Gasteiger partial charge in [0.25, 0.3) is 5.91 Å². The van der Waals surface area contributed by atoms with Crippen molar-refractivity contribution in [2.45, 2.75) is 26.3 Å². The molecule has 5 nitrogen and oxygen atoms in total. The molecule has 2 aromatic rings. The third-order valence-electron chi connectivity index (χ3n) is 3.04. The largest absolute Gasteiger partial charge is 0.459 e. The molecule has 0 bridgehead atoms. The first-order chi connectivity index (χ1) is 9.52. The van der Waals surface area contributed by atoms with Crippen molar-refractivity contribution in [3.05, 3.63) is 29.0 Å². The Morgan fingerprint density at radius 1 is 1.60 bits per heavy atom. The minimum absolute atomic E-state index is 0.136. The molecule has 0 saturated carbocycles. The fraction of sp³-hybridized carbons (Fsp3) is 0.357. The van der Waals surface area contributed by atoms with Gasteiger partial charge in [0.15, 0.2) is 10.8 Å². The van der Waals surface area contributed by atoms with Gasteiger partial charge in [-0.1, -0.05) is 0 Å². The van der Waals surface area contributed by atoms with Crippen LogP contribution in [-0.4, -0.2) is 28.9 Å². The topological polar surface area (TPSA) is 70.1 Å². The summed E-state index contributed by atoms with van der Waals surface area (Å²) in [6, 6.07) is 5.62. The molecule has 2 heterocycles. The van der Waals surface area contributed by atoms with Crippen molar-refractivity contribution in [3.63, 3.8) is 0 Å². The summed E-state index contributed by atoms with van der Waals surface area (Å²) < 4.78 is 5.49. The summed E-state index contributed by atoms with van der Waals surface area (Å²) in [4.78, 5) is 18.1. The molecule has 1 atom stereocenters. The van der Waals surface area contributed by atoms with E-state index in [1.807, 2.05) is 26.0 Å². The van der Waals surface area contributed by atoms with E-state index in [1.54, 1.807) is 12.4 Å². The number of nitriles is 1. The van der Waals surface area contributed by atoms with Crippen LogP contribution >= 0.6 is 11.3 Å². The summed E-state index contributed by atoms with van der Waals surface area (Å²) in [5, 5.41) is 11.1. The molecule has 2 aromatic heterocycles. The van der Waals surface area contributed by atoms with E-state index in [-0.39, 0.29) is 11.9 Å². The Morgan fingerprint density at radius 2 is 2.35 bits per heavy atom. The van der Waals surface area contributed by atoms with Crippen LogP contribution in [0.3, 0.4) is 0 Å². The molecule has 0 N–H and O–H groups in total. The van der Waals surface area contributed by atoms with Gasteiger partial charge in [-0.2, -0.15) is 5.26 Å². The van der Waals surface area contributed by atoms with E-state index in [0.29, 0.717) is 22.9 Å². The first kappa shape index (κ1) is 14.3. The second kappa shape index (κ2) is 5.88. The summed E-state index contributed by atoms with van der Waals surface area (Å²) in [5.41, 5.74) is 0.381. The highest BCUT2D eigenvalue weighted by Crippen LogP contribution is 2.26. The van der Waals surface area contributed by atoms with Crippen LogP contribution in [0.4, 0.5) is 0 Å². The highest BCUT2D eigenvalue weighted by atomic mass is 32.1. The lowest BCUT2D eigenvalue weighted by Crippen LogP contribution is -2.35. The summed E-state index contributed by atoms with van der Waals surface area (Å²) in [7, 11) is 1.68. The molecule has 0 radical (unpaired) electrons. The quantitative estimate of drug-likeness (QED) is 0.867. The van der Waals surface area contributed by atoms with Gasteiger partial charge in [0.05, 0.1) is 12.5 Å². The number of hydrogen-bond acceptors (Lipinski definition) is 5. The number of furan rings is 1. The van der Waals surface area contributed by atoms with Gasteiger partial charge in [-0.3, -0.25) is 4.79 Å². The van der Waals surface area contributed by atoms with E-state index in [0.717, 1.165) is 5.76 Å². The molecular weight excluding hydrogens is 274 g/mol. The van der Waals surface area contributed by atoms with Crippen molar-refractivity contribution >= 4 is 17.2 Å². The van der Waals surface area contributed by atoms with E-state index in [9.17, 15) is 4.79 Å². The second-order valence-electron chi connectivity index (χ2n) is 4.58. The lowest BCUT2D eigenvalue weighted by atomic mass is 10.2. The van der Waals surface area contributed by atoms with E-state index in [4.69, 9.17) is 9.68 Å². The van der Waals surface area contributed by atoms with Crippen molar-refractivity contribution < 1.29 is 9.21 Å². The number of aryl methyl sites for hydroxylation is 1. The molecule has 20 heavy (non-hydrogen) atoms. The summed E-state index contributed by atoms with van der Waals surface area (Å²) in [6.45, 7) is 3.70. The number of rotatable bonds is 4. The Labute approximate surface area is 121 Å². The molecule has 0 aliphatic carbocycles. The minimum atomic E-state index is -0.182. The molecule has 0 aliphatic rings. The molecular formula is C14H15N3O2S. The van der Waals surface area contributed by atoms with Crippen LogP contribution in [0.25, 0.3) is 10.8 Å². The third kappa shape index (κ3) is 2.89. The predicted molar refractivity (Wildman–Crippen MR) is 76.3 cm³/mol. The maximum absolute atomic E-state index is 12.2. The van der Waals surface area contributed by atoms with Crippen LogP contribution in [0.5, 0.6) is 0 Å². The van der Waals surface area contributed by atoms with Gasteiger partial charge in [-0.05, 0) is 26.0 Å². The van der Waals surface area contributed by atoms with E-state index in [1.165, 1.54) is 16.2 Å². The van der Waals surface area contributed by atoms with E-state index >= 15 is 0 Å². The normalized spacial score (nSPS) is 11.9. The fourth-order valence-corrected chi connectivity index (χ4v) is 2.44. The second-order valence-corrected chi connectivity index (χ2v) is 5.43. The highest BCUT2D eigenvalue weighted by Gasteiger charge is 2.20. The first-order valence-electron chi connectivity index (χ1n) is 6.19. The zero-order chi connectivity index (χ0) is 14.7. The van der Waals surface area contributed by atoms with Crippen molar-refractivity contribution in [2.24, 2.45) is 0 Å². The van der Waals surface area contributed by atoms with Crippen molar-refractivity contribution in [2.75, 3.05) is 7.05 Å². The molecule has 0 aromatic carbocycles. The monoisotopic (exact) mass is 289 g/mol. The molecule has 6 heteroatoms. The lowest BCUT2D eigenvalue weighted by Gasteiger charge is -2.21. The Balaban J connectivity index is 2.16. The summed E-state index contributed by atoms with van der Waals surface area (Å²) in [5.74, 6) is 1.29. The molecule has 1 amide bonds.